The third-order valence-corrected chi connectivity index (χ3v) is 4.62. The Hall–Kier alpha value is -3.15. The molecule has 1 aromatic heterocycles. The highest BCUT2D eigenvalue weighted by Crippen LogP contribution is 2.28. The van der Waals surface area contributed by atoms with E-state index in [-0.39, 0.29) is 5.91 Å². The molecule has 0 atom stereocenters. The molecule has 0 unspecified atom stereocenters. The average molecular weight is 379 g/mol. The molecule has 6 nitrogen and oxygen atoms in total. The van der Waals surface area contributed by atoms with Gasteiger partial charge in [0.2, 0.25) is 0 Å². The first-order valence-corrected chi connectivity index (χ1v) is 9.23. The molecule has 3 rings (SSSR count). The van der Waals surface area contributed by atoms with Gasteiger partial charge in [0.15, 0.2) is 11.5 Å². The van der Waals surface area contributed by atoms with Crippen LogP contribution in [0.4, 0.5) is 0 Å². The number of benzene rings is 2. The number of nitrogens with zero attached hydrogens (tertiary/aromatic N) is 3. The highest BCUT2D eigenvalue weighted by atomic mass is 16.5. The van der Waals surface area contributed by atoms with Crippen molar-refractivity contribution >= 4 is 16.9 Å². The van der Waals surface area contributed by atoms with Crippen LogP contribution in [-0.2, 0) is 6.54 Å². The first kappa shape index (κ1) is 19.6. The van der Waals surface area contributed by atoms with Gasteiger partial charge in [-0.15, -0.1) is 0 Å². The van der Waals surface area contributed by atoms with E-state index >= 15 is 0 Å². The van der Waals surface area contributed by atoms with Crippen LogP contribution in [0.15, 0.2) is 36.4 Å². The molecule has 1 heterocycles. The Morgan fingerprint density at radius 1 is 1.00 bits per heavy atom. The third kappa shape index (κ3) is 4.06. The lowest BCUT2D eigenvalue weighted by Crippen LogP contribution is -2.26. The van der Waals surface area contributed by atoms with Crippen LogP contribution in [0.1, 0.15) is 34.2 Å². The molecule has 0 radical (unpaired) electrons. The molecule has 146 valence electrons. The van der Waals surface area contributed by atoms with E-state index in [4.69, 9.17) is 9.47 Å². The van der Waals surface area contributed by atoms with Crippen molar-refractivity contribution in [3.8, 4) is 11.5 Å². The molecular weight excluding hydrogens is 354 g/mol. The van der Waals surface area contributed by atoms with E-state index in [1.165, 1.54) is 0 Å². The normalized spacial score (nSPS) is 10.8. The maximum Gasteiger partial charge on any atom is 0.253 e. The molecule has 0 aliphatic heterocycles. The van der Waals surface area contributed by atoms with Crippen molar-refractivity contribution in [3.63, 3.8) is 0 Å². The Labute approximate surface area is 165 Å². The second-order valence-corrected chi connectivity index (χ2v) is 6.68. The molecule has 0 saturated heterocycles. The van der Waals surface area contributed by atoms with E-state index in [0.29, 0.717) is 30.2 Å². The molecule has 0 N–H and O–H groups in total. The van der Waals surface area contributed by atoms with Crippen molar-refractivity contribution in [3.05, 3.63) is 58.9 Å². The zero-order valence-corrected chi connectivity index (χ0v) is 16.9. The largest absolute Gasteiger partial charge is 0.493 e. The van der Waals surface area contributed by atoms with Gasteiger partial charge in [-0.3, -0.25) is 4.79 Å². The van der Waals surface area contributed by atoms with Gasteiger partial charge >= 0.3 is 0 Å². The summed E-state index contributed by atoms with van der Waals surface area (Å²) in [4.78, 5) is 23.6. The zero-order chi connectivity index (χ0) is 20.3. The maximum absolute atomic E-state index is 12.9. The summed E-state index contributed by atoms with van der Waals surface area (Å²) in [7, 11) is 3.39. The van der Waals surface area contributed by atoms with Gasteiger partial charge in [0.05, 0.1) is 36.1 Å². The maximum atomic E-state index is 12.9. The van der Waals surface area contributed by atoms with Crippen molar-refractivity contribution in [2.75, 3.05) is 20.8 Å². The van der Waals surface area contributed by atoms with Crippen LogP contribution in [0.5, 0.6) is 11.5 Å². The van der Waals surface area contributed by atoms with Crippen LogP contribution in [0, 0.1) is 13.8 Å². The van der Waals surface area contributed by atoms with Crippen LogP contribution < -0.4 is 9.47 Å². The Bertz CT molecular complexity index is 1020. The number of ether oxygens (including phenoxy) is 2. The summed E-state index contributed by atoms with van der Waals surface area (Å²) in [6, 6.07) is 11.1. The molecule has 0 aliphatic carbocycles. The lowest BCUT2D eigenvalue weighted by Gasteiger charge is -2.19. The van der Waals surface area contributed by atoms with Crippen LogP contribution in [-0.4, -0.2) is 41.5 Å². The van der Waals surface area contributed by atoms with E-state index < -0.39 is 0 Å². The number of hydrogen-bond donors (Lipinski definition) is 0. The van der Waals surface area contributed by atoms with Gasteiger partial charge in [0.1, 0.15) is 0 Å². The Morgan fingerprint density at radius 3 is 2.39 bits per heavy atom. The molecule has 0 fully saturated rings. The zero-order valence-electron chi connectivity index (χ0n) is 16.9. The number of methoxy groups -OCH3 is 1. The van der Waals surface area contributed by atoms with Gasteiger partial charge in [-0.1, -0.05) is 6.07 Å². The SMILES string of the molecule is CCOc1ccc(CN(C)C(=O)c2ccc3nc(C)c(C)nc3c2)cc1OC. The Kier molecular flexibility index (Phi) is 5.78. The first-order chi connectivity index (χ1) is 13.4. The summed E-state index contributed by atoms with van der Waals surface area (Å²) >= 11 is 0. The van der Waals surface area contributed by atoms with E-state index in [1.807, 2.05) is 45.0 Å². The topological polar surface area (TPSA) is 64.5 Å². The van der Waals surface area contributed by atoms with Crippen molar-refractivity contribution in [1.82, 2.24) is 14.9 Å². The highest BCUT2D eigenvalue weighted by molar-refractivity contribution is 5.97. The lowest BCUT2D eigenvalue weighted by atomic mass is 10.1. The predicted molar refractivity (Wildman–Crippen MR) is 109 cm³/mol. The molecule has 2 aromatic carbocycles. The second-order valence-electron chi connectivity index (χ2n) is 6.68. The fourth-order valence-electron chi connectivity index (χ4n) is 3.01. The summed E-state index contributed by atoms with van der Waals surface area (Å²) < 4.78 is 10.9. The van der Waals surface area contributed by atoms with Crippen LogP contribution in [0.2, 0.25) is 0 Å². The summed E-state index contributed by atoms with van der Waals surface area (Å²) in [5.41, 5.74) is 4.83. The van der Waals surface area contributed by atoms with Gasteiger partial charge in [-0.2, -0.15) is 0 Å². The number of aromatic nitrogens is 2. The highest BCUT2D eigenvalue weighted by Gasteiger charge is 2.15. The number of hydrogen-bond acceptors (Lipinski definition) is 5. The fourth-order valence-corrected chi connectivity index (χ4v) is 3.01. The quantitative estimate of drug-likeness (QED) is 0.649. The standard InChI is InChI=1S/C22H25N3O3/c1-6-28-20-10-7-16(11-21(20)27-5)13-25(4)22(26)17-8-9-18-19(12-17)24-15(3)14(2)23-18/h7-12H,6,13H2,1-5H3. The molecule has 0 aliphatic rings. The molecule has 0 spiro atoms. The van der Waals surface area contributed by atoms with Crippen LogP contribution >= 0.6 is 0 Å². The minimum absolute atomic E-state index is 0.0743. The molecule has 1 amide bonds. The van der Waals surface area contributed by atoms with E-state index in [2.05, 4.69) is 9.97 Å². The average Bonchev–Trinajstić information content (AvgIpc) is 2.69. The van der Waals surface area contributed by atoms with Gasteiger partial charge in [0, 0.05) is 19.2 Å². The molecule has 0 saturated carbocycles. The smallest absolute Gasteiger partial charge is 0.253 e. The van der Waals surface area contributed by atoms with Crippen LogP contribution in [0.25, 0.3) is 11.0 Å². The molecule has 28 heavy (non-hydrogen) atoms. The monoisotopic (exact) mass is 379 g/mol. The van der Waals surface area contributed by atoms with Crippen molar-refractivity contribution in [2.24, 2.45) is 0 Å². The number of carbonyl (C=O) groups excluding carboxylic acids is 1. The molecular formula is C22H25N3O3. The Morgan fingerprint density at radius 2 is 1.71 bits per heavy atom. The Balaban J connectivity index is 1.81. The predicted octanol–water partition coefficient (Wildman–Crippen LogP) is 3.93. The molecule has 0 bridgehead atoms. The van der Waals surface area contributed by atoms with E-state index in [0.717, 1.165) is 28.0 Å². The van der Waals surface area contributed by atoms with Gasteiger partial charge in [0.25, 0.3) is 5.91 Å². The van der Waals surface area contributed by atoms with Gasteiger partial charge in [-0.05, 0) is 56.7 Å². The first-order valence-electron chi connectivity index (χ1n) is 9.23. The fraction of sp³-hybridized carbons (Fsp3) is 0.318. The van der Waals surface area contributed by atoms with Crippen molar-refractivity contribution in [2.45, 2.75) is 27.3 Å². The molecule has 3 aromatic rings. The van der Waals surface area contributed by atoms with Gasteiger partial charge in [-0.25, -0.2) is 9.97 Å². The number of aryl methyl sites for hydroxylation is 2. The van der Waals surface area contributed by atoms with Crippen molar-refractivity contribution < 1.29 is 14.3 Å². The van der Waals surface area contributed by atoms with Crippen LogP contribution in [0.3, 0.4) is 0 Å². The van der Waals surface area contributed by atoms with Gasteiger partial charge < -0.3 is 14.4 Å². The number of rotatable bonds is 6. The third-order valence-electron chi connectivity index (χ3n) is 4.62. The lowest BCUT2D eigenvalue weighted by molar-refractivity contribution is 0.0785. The molecule has 6 heteroatoms. The number of amides is 1. The summed E-state index contributed by atoms with van der Waals surface area (Å²) in [6.45, 7) is 6.80. The summed E-state index contributed by atoms with van der Waals surface area (Å²) in [5, 5.41) is 0. The number of fused-ring (bicyclic) bond motifs is 1. The van der Waals surface area contributed by atoms with E-state index in [9.17, 15) is 4.79 Å². The minimum atomic E-state index is -0.0743. The summed E-state index contributed by atoms with van der Waals surface area (Å²) in [5.74, 6) is 1.28. The van der Waals surface area contributed by atoms with Crippen molar-refractivity contribution in [1.29, 1.82) is 0 Å². The minimum Gasteiger partial charge on any atom is -0.493 e. The van der Waals surface area contributed by atoms with E-state index in [1.54, 1.807) is 31.2 Å². The second kappa shape index (κ2) is 8.25. The number of carbonyl (C=O) groups is 1. The summed E-state index contributed by atoms with van der Waals surface area (Å²) in [6.07, 6.45) is 0.